The van der Waals surface area contributed by atoms with E-state index in [4.69, 9.17) is 4.74 Å². The summed E-state index contributed by atoms with van der Waals surface area (Å²) >= 11 is 0. The van der Waals surface area contributed by atoms with E-state index >= 15 is 0 Å². The molecule has 0 atom stereocenters. The number of carbonyl (C=O) groups excluding carboxylic acids is 1. The van der Waals surface area contributed by atoms with Crippen molar-refractivity contribution in [2.45, 2.75) is 13.0 Å². The van der Waals surface area contributed by atoms with Crippen LogP contribution in [0.4, 0.5) is 5.69 Å². The number of aryl methyl sites for hydroxylation is 2. The van der Waals surface area contributed by atoms with Gasteiger partial charge in [-0.2, -0.15) is 0 Å². The van der Waals surface area contributed by atoms with Crippen molar-refractivity contribution in [3.05, 3.63) is 70.0 Å². The lowest BCUT2D eigenvalue weighted by atomic mass is 10.1. The number of aromatic nitrogens is 1. The maximum absolute atomic E-state index is 13.2. The number of nitrogens with zero attached hydrogens (tertiary/aromatic N) is 3. The number of methoxy groups -OCH3 is 1. The molecule has 3 aromatic rings. The molecule has 0 radical (unpaired) electrons. The van der Waals surface area contributed by atoms with Crippen molar-refractivity contribution < 1.29 is 9.53 Å². The van der Waals surface area contributed by atoms with Crippen LogP contribution in [0.3, 0.4) is 0 Å². The second kappa shape index (κ2) is 6.95. The molecule has 1 amide bonds. The Morgan fingerprint density at radius 3 is 2.45 bits per heavy atom. The number of benzene rings is 2. The van der Waals surface area contributed by atoms with Crippen LogP contribution in [-0.4, -0.2) is 48.7 Å². The summed E-state index contributed by atoms with van der Waals surface area (Å²) in [5.74, 6) is 0.669. The van der Waals surface area contributed by atoms with Crippen LogP contribution in [-0.2, 0) is 13.0 Å². The van der Waals surface area contributed by atoms with Gasteiger partial charge in [-0.05, 0) is 42.3 Å². The van der Waals surface area contributed by atoms with Crippen molar-refractivity contribution in [2.75, 3.05) is 38.2 Å². The van der Waals surface area contributed by atoms with Gasteiger partial charge in [0, 0.05) is 50.0 Å². The fourth-order valence-corrected chi connectivity index (χ4v) is 4.44. The molecule has 0 unspecified atom stereocenters. The van der Waals surface area contributed by atoms with Crippen molar-refractivity contribution in [2.24, 2.45) is 0 Å². The second-order valence-electron chi connectivity index (χ2n) is 7.61. The lowest BCUT2D eigenvalue weighted by Crippen LogP contribution is -2.49. The highest BCUT2D eigenvalue weighted by Gasteiger charge is 2.26. The zero-order chi connectivity index (χ0) is 20.0. The molecule has 2 aromatic carbocycles. The Hall–Kier alpha value is -3.28. The number of rotatable bonds is 3. The van der Waals surface area contributed by atoms with Gasteiger partial charge in [0.1, 0.15) is 11.3 Å². The van der Waals surface area contributed by atoms with Gasteiger partial charge >= 0.3 is 0 Å². The van der Waals surface area contributed by atoms with Crippen molar-refractivity contribution in [3.63, 3.8) is 0 Å². The number of ether oxygens (including phenoxy) is 1. The van der Waals surface area contributed by atoms with Crippen LogP contribution in [0.2, 0.25) is 0 Å². The van der Waals surface area contributed by atoms with Gasteiger partial charge in [0.05, 0.1) is 12.6 Å². The fourth-order valence-electron chi connectivity index (χ4n) is 4.44. The number of pyridine rings is 1. The molecule has 0 bridgehead atoms. The van der Waals surface area contributed by atoms with Gasteiger partial charge in [-0.3, -0.25) is 9.59 Å². The van der Waals surface area contributed by atoms with Gasteiger partial charge in [0.15, 0.2) is 0 Å². The predicted octanol–water partition coefficient (Wildman–Crippen LogP) is 2.53. The Morgan fingerprint density at radius 2 is 1.72 bits per heavy atom. The summed E-state index contributed by atoms with van der Waals surface area (Å²) < 4.78 is 7.28. The Kier molecular flexibility index (Phi) is 4.27. The Bertz CT molecular complexity index is 1140. The molecule has 1 aromatic heterocycles. The number of para-hydroxylation sites is 1. The first-order valence-corrected chi connectivity index (χ1v) is 9.99. The molecular formula is C23H23N3O3. The molecule has 2 aliphatic heterocycles. The molecular weight excluding hydrogens is 366 g/mol. The Morgan fingerprint density at radius 1 is 0.966 bits per heavy atom. The predicted molar refractivity (Wildman–Crippen MR) is 113 cm³/mol. The first-order valence-electron chi connectivity index (χ1n) is 9.99. The highest BCUT2D eigenvalue weighted by molar-refractivity contribution is 5.98. The molecule has 0 saturated carbocycles. The zero-order valence-electron chi connectivity index (χ0n) is 16.4. The minimum absolute atomic E-state index is 0.150. The van der Waals surface area contributed by atoms with Crippen molar-refractivity contribution in [3.8, 4) is 5.75 Å². The van der Waals surface area contributed by atoms with Crippen LogP contribution in [0.1, 0.15) is 15.9 Å². The third-order valence-corrected chi connectivity index (χ3v) is 6.04. The quantitative estimate of drug-likeness (QED) is 0.691. The van der Waals surface area contributed by atoms with Gasteiger partial charge in [0.2, 0.25) is 5.43 Å². The minimum Gasteiger partial charge on any atom is -0.497 e. The van der Waals surface area contributed by atoms with Gasteiger partial charge in [0.25, 0.3) is 5.91 Å². The van der Waals surface area contributed by atoms with Crippen LogP contribution in [0.25, 0.3) is 10.9 Å². The molecule has 6 nitrogen and oxygen atoms in total. The standard InChI is InChI=1S/C23H23N3O3/c1-29-18-7-5-17(6-8-18)24-11-13-25(14-12-24)23(28)20-15-26-10-9-16-3-2-4-19(21(16)26)22(20)27/h2-8,15H,9-14H2,1H3. The number of carbonyl (C=O) groups is 1. The molecule has 0 N–H and O–H groups in total. The van der Waals surface area contributed by atoms with Crippen molar-refractivity contribution in [1.29, 1.82) is 0 Å². The van der Waals surface area contributed by atoms with E-state index < -0.39 is 0 Å². The number of piperazine rings is 1. The second-order valence-corrected chi connectivity index (χ2v) is 7.61. The van der Waals surface area contributed by atoms with Gasteiger partial charge < -0.3 is 19.1 Å². The number of amides is 1. The summed E-state index contributed by atoms with van der Waals surface area (Å²) in [6, 6.07) is 13.8. The van der Waals surface area contributed by atoms with Crippen LogP contribution in [0.5, 0.6) is 5.75 Å². The fraction of sp³-hybridized carbons (Fsp3) is 0.304. The highest BCUT2D eigenvalue weighted by atomic mass is 16.5. The Labute approximate surface area is 168 Å². The molecule has 148 valence electrons. The van der Waals surface area contributed by atoms with E-state index in [2.05, 4.69) is 15.5 Å². The molecule has 1 saturated heterocycles. The van der Waals surface area contributed by atoms with Crippen molar-refractivity contribution >= 4 is 22.5 Å². The SMILES string of the molecule is COc1ccc(N2CCN(C(=O)c3cn4c5c(cccc5c3=O)CC4)CC2)cc1. The topological polar surface area (TPSA) is 54.8 Å². The van der Waals surface area contributed by atoms with E-state index in [-0.39, 0.29) is 16.9 Å². The minimum atomic E-state index is -0.160. The first-order chi connectivity index (χ1) is 14.2. The molecule has 5 rings (SSSR count). The smallest absolute Gasteiger partial charge is 0.259 e. The summed E-state index contributed by atoms with van der Waals surface area (Å²) in [6.07, 6.45) is 2.67. The van der Waals surface area contributed by atoms with E-state index in [1.165, 1.54) is 5.56 Å². The van der Waals surface area contributed by atoms with E-state index in [1.54, 1.807) is 18.2 Å². The van der Waals surface area contributed by atoms with E-state index in [9.17, 15) is 9.59 Å². The summed E-state index contributed by atoms with van der Waals surface area (Å²) in [6.45, 7) is 3.50. The lowest BCUT2D eigenvalue weighted by molar-refractivity contribution is 0.0745. The monoisotopic (exact) mass is 389 g/mol. The average Bonchev–Trinajstić information content (AvgIpc) is 3.20. The molecule has 0 spiro atoms. The lowest BCUT2D eigenvalue weighted by Gasteiger charge is -2.36. The maximum atomic E-state index is 13.2. The third-order valence-electron chi connectivity index (χ3n) is 6.04. The summed E-state index contributed by atoms with van der Waals surface area (Å²) in [5, 5.41) is 0.655. The first kappa shape index (κ1) is 17.8. The van der Waals surface area contributed by atoms with Gasteiger partial charge in [-0.1, -0.05) is 12.1 Å². The van der Waals surface area contributed by atoms with Crippen LogP contribution >= 0.6 is 0 Å². The largest absolute Gasteiger partial charge is 0.497 e. The van der Waals surface area contributed by atoms with Crippen molar-refractivity contribution in [1.82, 2.24) is 9.47 Å². The third kappa shape index (κ3) is 2.95. The number of hydrogen-bond donors (Lipinski definition) is 0. The molecule has 29 heavy (non-hydrogen) atoms. The number of hydrogen-bond acceptors (Lipinski definition) is 4. The van der Waals surface area contributed by atoms with Crippen LogP contribution in [0, 0.1) is 0 Å². The summed E-state index contributed by atoms with van der Waals surface area (Å²) in [5.41, 5.74) is 3.42. The molecule has 6 heteroatoms. The molecule has 3 heterocycles. The molecule has 0 aliphatic carbocycles. The van der Waals surface area contributed by atoms with Crippen LogP contribution in [0.15, 0.2) is 53.5 Å². The molecule has 1 fully saturated rings. The van der Waals surface area contributed by atoms with E-state index in [1.807, 2.05) is 36.4 Å². The van der Waals surface area contributed by atoms with E-state index in [0.29, 0.717) is 18.5 Å². The molecule has 2 aliphatic rings. The van der Waals surface area contributed by atoms with Gasteiger partial charge in [-0.15, -0.1) is 0 Å². The zero-order valence-corrected chi connectivity index (χ0v) is 16.4. The summed E-state index contributed by atoms with van der Waals surface area (Å²) in [7, 11) is 1.65. The average molecular weight is 389 g/mol. The highest BCUT2D eigenvalue weighted by Crippen LogP contribution is 2.25. The number of anilines is 1. The van der Waals surface area contributed by atoms with E-state index in [0.717, 1.165) is 43.0 Å². The summed E-state index contributed by atoms with van der Waals surface area (Å²) in [4.78, 5) is 30.2. The van der Waals surface area contributed by atoms with Gasteiger partial charge in [-0.25, -0.2) is 0 Å². The maximum Gasteiger partial charge on any atom is 0.259 e. The Balaban J connectivity index is 1.36. The normalized spacial score (nSPS) is 15.8. The van der Waals surface area contributed by atoms with Crippen LogP contribution < -0.4 is 15.1 Å².